The predicted molar refractivity (Wildman–Crippen MR) is 144 cm³/mol. The number of benzene rings is 2. The monoisotopic (exact) mass is 489 g/mol. The van der Waals surface area contributed by atoms with Crippen molar-refractivity contribution in [2.75, 3.05) is 4.90 Å². The number of carbonyl (C=O) groups is 3. The van der Waals surface area contributed by atoms with Gasteiger partial charge in [0.15, 0.2) is 0 Å². The lowest BCUT2D eigenvalue weighted by Gasteiger charge is -2.36. The van der Waals surface area contributed by atoms with Crippen molar-refractivity contribution in [1.29, 1.82) is 0 Å². The quantitative estimate of drug-likeness (QED) is 0.410. The number of rotatable bonds is 6. The highest BCUT2D eigenvalue weighted by Crippen LogP contribution is 2.40. The topological polar surface area (TPSA) is 63.7 Å². The first-order valence-corrected chi connectivity index (χ1v) is 12.8. The minimum Gasteiger partial charge on any atom is -0.456 e. The third-order valence-corrected chi connectivity index (χ3v) is 6.48. The highest BCUT2D eigenvalue weighted by atomic mass is 16.6. The van der Waals surface area contributed by atoms with Gasteiger partial charge in [0.2, 0.25) is 5.91 Å². The van der Waals surface area contributed by atoms with E-state index >= 15 is 0 Å². The first-order valence-electron chi connectivity index (χ1n) is 12.8. The number of hydrogen-bond donors (Lipinski definition) is 0. The Morgan fingerprint density at radius 3 is 2.14 bits per heavy atom. The Labute approximate surface area is 215 Å². The van der Waals surface area contributed by atoms with E-state index in [4.69, 9.17) is 4.74 Å². The molecule has 0 spiro atoms. The number of ether oxygens (including phenoxy) is 1. The summed E-state index contributed by atoms with van der Waals surface area (Å²) < 4.78 is 5.48. The van der Waals surface area contributed by atoms with E-state index in [9.17, 15) is 14.4 Å². The van der Waals surface area contributed by atoms with E-state index in [2.05, 4.69) is 0 Å². The number of nitrogens with zero attached hydrogens (tertiary/aromatic N) is 1. The van der Waals surface area contributed by atoms with Crippen LogP contribution in [0.3, 0.4) is 0 Å². The molecule has 1 aliphatic carbocycles. The van der Waals surface area contributed by atoms with Gasteiger partial charge in [-0.3, -0.25) is 14.5 Å². The van der Waals surface area contributed by atoms with Gasteiger partial charge in [-0.15, -0.1) is 0 Å². The van der Waals surface area contributed by atoms with Gasteiger partial charge in [-0.25, -0.2) is 4.79 Å². The van der Waals surface area contributed by atoms with Gasteiger partial charge >= 0.3 is 5.97 Å². The molecule has 0 unspecified atom stereocenters. The zero-order valence-electron chi connectivity index (χ0n) is 22.5. The van der Waals surface area contributed by atoms with Crippen molar-refractivity contribution in [1.82, 2.24) is 0 Å². The van der Waals surface area contributed by atoms with Crippen LogP contribution in [0.4, 0.5) is 5.69 Å². The summed E-state index contributed by atoms with van der Waals surface area (Å²) in [5.74, 6) is -0.190. The Morgan fingerprint density at radius 2 is 1.58 bits per heavy atom. The van der Waals surface area contributed by atoms with Crippen LogP contribution >= 0.6 is 0 Å². The Kier molecular flexibility index (Phi) is 8.22. The van der Waals surface area contributed by atoms with Gasteiger partial charge in [0.25, 0.3) is 0 Å². The third kappa shape index (κ3) is 6.51. The standard InChI is InChI=1S/C31H39NO4/c1-29(2,3)28(35)32(25-13-8-7-9-14-25)22-12-21-31(20-11-10-15-26(31)33)24-18-16-23(17-19-24)27(34)36-30(4,5)6/h7-9,12-14,16-19,22H,10-11,15,20-21H2,1-6H3/b22-12+/t31-/m0/s1. The Bertz CT molecular complexity index is 1100. The van der Waals surface area contributed by atoms with E-state index < -0.39 is 16.4 Å². The number of ketones is 1. The maximum atomic E-state index is 13.4. The van der Waals surface area contributed by atoms with E-state index in [1.165, 1.54) is 0 Å². The highest BCUT2D eigenvalue weighted by molar-refractivity contribution is 5.98. The zero-order chi connectivity index (χ0) is 26.6. The SMILES string of the molecule is CC(C)(C)OC(=O)c1ccc([C@@]2(C/C=C/N(C(=O)C(C)(C)C)c3ccccc3)CCCCC2=O)cc1. The second-order valence-corrected chi connectivity index (χ2v) is 11.6. The van der Waals surface area contributed by atoms with E-state index in [0.717, 1.165) is 30.5 Å². The van der Waals surface area contributed by atoms with Gasteiger partial charge in [0.05, 0.1) is 11.0 Å². The number of anilines is 1. The lowest BCUT2D eigenvalue weighted by Crippen LogP contribution is -2.39. The smallest absolute Gasteiger partial charge is 0.338 e. The average Bonchev–Trinajstić information content (AvgIpc) is 2.82. The summed E-state index contributed by atoms with van der Waals surface area (Å²) in [6.07, 6.45) is 7.35. The summed E-state index contributed by atoms with van der Waals surface area (Å²) in [6, 6.07) is 16.8. The zero-order valence-corrected chi connectivity index (χ0v) is 22.5. The molecule has 5 heteroatoms. The fraction of sp³-hybridized carbons (Fsp3) is 0.452. The number of hydrogen-bond acceptors (Lipinski definition) is 4. The summed E-state index contributed by atoms with van der Waals surface area (Å²) in [4.78, 5) is 40.7. The van der Waals surface area contributed by atoms with Gasteiger partial charge in [0.1, 0.15) is 11.4 Å². The number of allylic oxidation sites excluding steroid dienone is 1. The lowest BCUT2D eigenvalue weighted by atomic mass is 9.66. The normalized spacial score (nSPS) is 18.8. The molecule has 2 aromatic carbocycles. The molecule has 2 aromatic rings. The molecule has 0 heterocycles. The molecule has 1 amide bonds. The van der Waals surface area contributed by atoms with Crippen LogP contribution in [0.2, 0.25) is 0 Å². The van der Waals surface area contributed by atoms with Crippen LogP contribution < -0.4 is 4.90 Å². The summed E-state index contributed by atoms with van der Waals surface area (Å²) in [6.45, 7) is 11.2. The lowest BCUT2D eigenvalue weighted by molar-refractivity contribution is -0.126. The van der Waals surface area contributed by atoms with Crippen molar-refractivity contribution in [2.45, 2.75) is 84.7 Å². The van der Waals surface area contributed by atoms with Crippen molar-refractivity contribution in [3.8, 4) is 0 Å². The summed E-state index contributed by atoms with van der Waals surface area (Å²) >= 11 is 0. The van der Waals surface area contributed by atoms with Crippen molar-refractivity contribution < 1.29 is 19.1 Å². The third-order valence-electron chi connectivity index (χ3n) is 6.48. The second kappa shape index (κ2) is 10.8. The number of carbonyl (C=O) groups excluding carboxylic acids is 3. The highest BCUT2D eigenvalue weighted by Gasteiger charge is 2.40. The largest absolute Gasteiger partial charge is 0.456 e. The van der Waals surface area contributed by atoms with Crippen LogP contribution in [-0.2, 0) is 19.7 Å². The van der Waals surface area contributed by atoms with Crippen LogP contribution in [0.15, 0.2) is 66.9 Å². The molecular weight excluding hydrogens is 450 g/mol. The number of esters is 1. The molecule has 192 valence electrons. The average molecular weight is 490 g/mol. The van der Waals surface area contributed by atoms with Gasteiger partial charge < -0.3 is 4.74 Å². The molecule has 1 saturated carbocycles. The first kappa shape index (κ1) is 27.4. The van der Waals surface area contributed by atoms with Crippen molar-refractivity contribution in [2.24, 2.45) is 5.41 Å². The van der Waals surface area contributed by atoms with E-state index in [1.54, 1.807) is 17.0 Å². The minimum absolute atomic E-state index is 0.0179. The maximum Gasteiger partial charge on any atom is 0.338 e. The fourth-order valence-corrected chi connectivity index (χ4v) is 4.57. The number of amides is 1. The van der Waals surface area contributed by atoms with Gasteiger partial charge in [-0.2, -0.15) is 0 Å². The molecule has 0 N–H and O–H groups in total. The molecule has 36 heavy (non-hydrogen) atoms. The molecule has 0 aliphatic heterocycles. The predicted octanol–water partition coefficient (Wildman–Crippen LogP) is 7.01. The molecule has 0 aromatic heterocycles. The Hall–Kier alpha value is -3.21. The van der Waals surface area contributed by atoms with Crippen molar-refractivity contribution in [3.63, 3.8) is 0 Å². The van der Waals surface area contributed by atoms with Gasteiger partial charge in [-0.05, 0) is 69.9 Å². The fourth-order valence-electron chi connectivity index (χ4n) is 4.57. The van der Waals surface area contributed by atoms with Gasteiger partial charge in [-0.1, -0.05) is 63.6 Å². The molecule has 1 fully saturated rings. The first-order chi connectivity index (χ1) is 16.8. The Balaban J connectivity index is 1.91. The van der Waals surface area contributed by atoms with E-state index in [-0.39, 0.29) is 17.7 Å². The molecular formula is C31H39NO4. The molecule has 0 saturated heterocycles. The van der Waals surface area contributed by atoms with Crippen molar-refractivity contribution in [3.05, 3.63) is 78.0 Å². The summed E-state index contributed by atoms with van der Waals surface area (Å²) in [7, 11) is 0. The van der Waals surface area contributed by atoms with Crippen LogP contribution in [0.1, 0.15) is 89.6 Å². The maximum absolute atomic E-state index is 13.4. The van der Waals surface area contributed by atoms with Gasteiger partial charge in [0, 0.05) is 23.7 Å². The second-order valence-electron chi connectivity index (χ2n) is 11.6. The summed E-state index contributed by atoms with van der Waals surface area (Å²) in [5, 5.41) is 0. The van der Waals surface area contributed by atoms with Crippen molar-refractivity contribution >= 4 is 23.3 Å². The molecule has 5 nitrogen and oxygen atoms in total. The molecule has 1 atom stereocenters. The molecule has 1 aliphatic rings. The van der Waals surface area contributed by atoms with E-state index in [1.807, 2.05) is 96.3 Å². The van der Waals surface area contributed by atoms with Crippen LogP contribution in [0.25, 0.3) is 0 Å². The minimum atomic E-state index is -0.672. The van der Waals surface area contributed by atoms with E-state index in [0.29, 0.717) is 18.4 Å². The number of Topliss-reactive ketones (excluding diaryl/α,β-unsaturated/α-hetero) is 1. The molecule has 0 bridgehead atoms. The number of para-hydroxylation sites is 1. The van der Waals surface area contributed by atoms with Crippen LogP contribution in [0, 0.1) is 5.41 Å². The Morgan fingerprint density at radius 1 is 0.944 bits per heavy atom. The van der Waals surface area contributed by atoms with Crippen LogP contribution in [0.5, 0.6) is 0 Å². The molecule has 0 radical (unpaired) electrons. The summed E-state index contributed by atoms with van der Waals surface area (Å²) in [5.41, 5.74) is 0.353. The van der Waals surface area contributed by atoms with Crippen LogP contribution in [-0.4, -0.2) is 23.3 Å². The molecule has 3 rings (SSSR count).